The predicted molar refractivity (Wildman–Crippen MR) is 97.9 cm³/mol. The summed E-state index contributed by atoms with van der Waals surface area (Å²) in [6.07, 6.45) is 0.217. The van der Waals surface area contributed by atoms with Crippen molar-refractivity contribution in [2.24, 2.45) is 0 Å². The van der Waals surface area contributed by atoms with E-state index in [0.717, 1.165) is 11.3 Å². The Morgan fingerprint density at radius 1 is 0.885 bits per heavy atom. The molecular formula is C18H22N2O5S. The van der Waals surface area contributed by atoms with E-state index in [1.807, 2.05) is 12.1 Å². The van der Waals surface area contributed by atoms with Gasteiger partial charge in [-0.3, -0.25) is 4.79 Å². The smallest absolute Gasteiger partial charge is 0.240 e. The van der Waals surface area contributed by atoms with Crippen LogP contribution in [0.5, 0.6) is 11.5 Å². The summed E-state index contributed by atoms with van der Waals surface area (Å²) in [5.41, 5.74) is 0.849. The second-order valence-corrected chi connectivity index (χ2v) is 7.22. The topological polar surface area (TPSA) is 93.7 Å². The minimum atomic E-state index is -3.62. The lowest BCUT2D eigenvalue weighted by Crippen LogP contribution is -2.35. The fourth-order valence-corrected chi connectivity index (χ4v) is 3.25. The van der Waals surface area contributed by atoms with Crippen LogP contribution in [0.25, 0.3) is 0 Å². The third-order valence-corrected chi connectivity index (χ3v) is 5.11. The largest absolute Gasteiger partial charge is 0.497 e. The number of carbonyl (C=O) groups is 1. The Kier molecular flexibility index (Phi) is 6.99. The zero-order chi connectivity index (χ0) is 19.0. The summed E-state index contributed by atoms with van der Waals surface area (Å²) in [5, 5.41) is 2.68. The molecule has 0 saturated heterocycles. The zero-order valence-electron chi connectivity index (χ0n) is 14.7. The van der Waals surface area contributed by atoms with E-state index < -0.39 is 10.0 Å². The molecule has 0 heterocycles. The maximum atomic E-state index is 12.2. The Balaban J connectivity index is 1.76. The standard InChI is InChI=1S/C18H22N2O5S/c1-24-15-5-3-14(4-6-15)13-18(21)19-11-12-20-26(22,23)17-9-7-16(25-2)8-10-17/h3-10,20H,11-13H2,1-2H3,(H,19,21). The van der Waals surface area contributed by atoms with Gasteiger partial charge in [-0.15, -0.1) is 0 Å². The van der Waals surface area contributed by atoms with E-state index in [1.165, 1.54) is 19.2 Å². The Bertz CT molecular complexity index is 818. The number of hydrogen-bond donors (Lipinski definition) is 2. The average Bonchev–Trinajstić information content (AvgIpc) is 2.66. The monoisotopic (exact) mass is 378 g/mol. The summed E-state index contributed by atoms with van der Waals surface area (Å²) in [7, 11) is -0.532. The first kappa shape index (κ1) is 19.7. The van der Waals surface area contributed by atoms with Crippen LogP contribution in [0.1, 0.15) is 5.56 Å². The van der Waals surface area contributed by atoms with Gasteiger partial charge in [-0.25, -0.2) is 13.1 Å². The second-order valence-electron chi connectivity index (χ2n) is 5.45. The van der Waals surface area contributed by atoms with Gasteiger partial charge in [-0.1, -0.05) is 12.1 Å². The zero-order valence-corrected chi connectivity index (χ0v) is 15.5. The van der Waals surface area contributed by atoms with Crippen LogP contribution in [0.2, 0.25) is 0 Å². The highest BCUT2D eigenvalue weighted by Gasteiger charge is 2.13. The maximum absolute atomic E-state index is 12.2. The molecule has 140 valence electrons. The Morgan fingerprint density at radius 3 is 1.96 bits per heavy atom. The minimum Gasteiger partial charge on any atom is -0.497 e. The van der Waals surface area contributed by atoms with Gasteiger partial charge in [0.15, 0.2) is 0 Å². The van der Waals surface area contributed by atoms with Gasteiger partial charge < -0.3 is 14.8 Å². The lowest BCUT2D eigenvalue weighted by Gasteiger charge is -2.09. The number of ether oxygens (including phenoxy) is 2. The molecule has 0 aromatic heterocycles. The van der Waals surface area contributed by atoms with Crippen molar-refractivity contribution in [2.75, 3.05) is 27.3 Å². The molecule has 2 aromatic rings. The fraction of sp³-hybridized carbons (Fsp3) is 0.278. The molecule has 26 heavy (non-hydrogen) atoms. The molecule has 0 atom stereocenters. The molecule has 0 saturated carbocycles. The second kappa shape index (κ2) is 9.21. The van der Waals surface area contributed by atoms with Gasteiger partial charge in [0.25, 0.3) is 0 Å². The first-order chi connectivity index (χ1) is 12.4. The molecule has 2 rings (SSSR count). The molecule has 0 aliphatic carbocycles. The summed E-state index contributed by atoms with van der Waals surface area (Å²) in [5.74, 6) is 1.12. The lowest BCUT2D eigenvalue weighted by molar-refractivity contribution is -0.120. The van der Waals surface area contributed by atoms with Gasteiger partial charge >= 0.3 is 0 Å². The summed E-state index contributed by atoms with van der Waals surface area (Å²) in [6.45, 7) is 0.299. The van der Waals surface area contributed by atoms with E-state index in [9.17, 15) is 13.2 Å². The van der Waals surface area contributed by atoms with E-state index in [-0.39, 0.29) is 30.3 Å². The number of methoxy groups -OCH3 is 2. The molecule has 2 aromatic carbocycles. The van der Waals surface area contributed by atoms with Crippen molar-refractivity contribution in [1.82, 2.24) is 10.0 Å². The van der Waals surface area contributed by atoms with E-state index in [4.69, 9.17) is 9.47 Å². The Morgan fingerprint density at radius 2 is 1.42 bits per heavy atom. The molecule has 0 aliphatic heterocycles. The molecule has 0 unspecified atom stereocenters. The molecule has 0 radical (unpaired) electrons. The number of amides is 1. The normalized spacial score (nSPS) is 11.0. The van der Waals surface area contributed by atoms with Gasteiger partial charge in [0.2, 0.25) is 15.9 Å². The molecule has 2 N–H and O–H groups in total. The average molecular weight is 378 g/mol. The first-order valence-electron chi connectivity index (χ1n) is 7.98. The number of sulfonamides is 1. The molecular weight excluding hydrogens is 356 g/mol. The SMILES string of the molecule is COc1ccc(CC(=O)NCCNS(=O)(=O)c2ccc(OC)cc2)cc1. The van der Waals surface area contributed by atoms with Crippen LogP contribution in [0.3, 0.4) is 0 Å². The molecule has 0 aliphatic rings. The van der Waals surface area contributed by atoms with Crippen molar-refractivity contribution < 1.29 is 22.7 Å². The first-order valence-corrected chi connectivity index (χ1v) is 9.46. The summed E-state index contributed by atoms with van der Waals surface area (Å²) >= 11 is 0. The van der Waals surface area contributed by atoms with Crippen LogP contribution >= 0.6 is 0 Å². The number of carbonyl (C=O) groups excluding carboxylic acids is 1. The third kappa shape index (κ3) is 5.75. The van der Waals surface area contributed by atoms with E-state index in [0.29, 0.717) is 5.75 Å². The molecule has 0 fully saturated rings. The maximum Gasteiger partial charge on any atom is 0.240 e. The van der Waals surface area contributed by atoms with Gasteiger partial charge in [0.05, 0.1) is 25.5 Å². The summed E-state index contributed by atoms with van der Waals surface area (Å²) in [4.78, 5) is 12.0. The van der Waals surface area contributed by atoms with Crippen molar-refractivity contribution >= 4 is 15.9 Å². The number of nitrogens with one attached hydrogen (secondary N) is 2. The van der Waals surface area contributed by atoms with Crippen LogP contribution in [0.4, 0.5) is 0 Å². The van der Waals surface area contributed by atoms with E-state index in [2.05, 4.69) is 10.0 Å². The van der Waals surface area contributed by atoms with Crippen LogP contribution in [0.15, 0.2) is 53.4 Å². The van der Waals surface area contributed by atoms with Crippen LogP contribution in [0, 0.1) is 0 Å². The highest BCUT2D eigenvalue weighted by Crippen LogP contribution is 2.15. The van der Waals surface area contributed by atoms with Crippen LogP contribution in [-0.4, -0.2) is 41.6 Å². The van der Waals surface area contributed by atoms with Crippen molar-refractivity contribution in [2.45, 2.75) is 11.3 Å². The van der Waals surface area contributed by atoms with Crippen molar-refractivity contribution in [3.05, 3.63) is 54.1 Å². The molecule has 0 spiro atoms. The molecule has 8 heteroatoms. The predicted octanol–water partition coefficient (Wildman–Crippen LogP) is 1.34. The van der Waals surface area contributed by atoms with Crippen molar-refractivity contribution in [3.8, 4) is 11.5 Å². The summed E-state index contributed by atoms with van der Waals surface area (Å²) in [6, 6.07) is 13.3. The Hall–Kier alpha value is -2.58. The van der Waals surface area contributed by atoms with Crippen LogP contribution < -0.4 is 19.5 Å². The Labute approximate surface area is 153 Å². The number of rotatable bonds is 9. The highest BCUT2D eigenvalue weighted by molar-refractivity contribution is 7.89. The summed E-state index contributed by atoms with van der Waals surface area (Å²) < 4.78 is 36.8. The van der Waals surface area contributed by atoms with Gasteiger partial charge in [0, 0.05) is 13.1 Å². The quantitative estimate of drug-likeness (QED) is 0.642. The fourth-order valence-electron chi connectivity index (χ4n) is 2.22. The molecule has 1 amide bonds. The number of benzene rings is 2. The van der Waals surface area contributed by atoms with Gasteiger partial charge in [-0.2, -0.15) is 0 Å². The third-order valence-electron chi connectivity index (χ3n) is 3.63. The number of hydrogen-bond acceptors (Lipinski definition) is 5. The van der Waals surface area contributed by atoms with Gasteiger partial charge in [0.1, 0.15) is 11.5 Å². The highest BCUT2D eigenvalue weighted by atomic mass is 32.2. The molecule has 7 nitrogen and oxygen atoms in total. The van der Waals surface area contributed by atoms with E-state index >= 15 is 0 Å². The van der Waals surface area contributed by atoms with Crippen LogP contribution in [-0.2, 0) is 21.2 Å². The minimum absolute atomic E-state index is 0.0999. The van der Waals surface area contributed by atoms with E-state index in [1.54, 1.807) is 31.4 Å². The van der Waals surface area contributed by atoms with Crippen molar-refractivity contribution in [3.63, 3.8) is 0 Å². The van der Waals surface area contributed by atoms with Crippen molar-refractivity contribution in [1.29, 1.82) is 0 Å². The molecule has 0 bridgehead atoms. The lowest BCUT2D eigenvalue weighted by atomic mass is 10.1. The van der Waals surface area contributed by atoms with Gasteiger partial charge in [-0.05, 0) is 42.0 Å².